The summed E-state index contributed by atoms with van der Waals surface area (Å²) in [6.07, 6.45) is 34.5. The van der Waals surface area contributed by atoms with Crippen LogP contribution in [0.3, 0.4) is 0 Å². The molecule has 0 bridgehead atoms. The van der Waals surface area contributed by atoms with Gasteiger partial charge in [0, 0.05) is 97.0 Å². The summed E-state index contributed by atoms with van der Waals surface area (Å²) in [6.45, 7) is 2.06. The van der Waals surface area contributed by atoms with Crippen LogP contribution in [0.1, 0.15) is 129 Å². The second-order valence-electron chi connectivity index (χ2n) is 26.2. The smallest absolute Gasteiger partial charge is 0.0774 e. The molecule has 0 fully saturated rings. The molecule has 0 spiro atoms. The minimum Gasteiger partial charge on any atom is -0.333 e. The fourth-order valence-electron chi connectivity index (χ4n) is 12.7. The van der Waals surface area contributed by atoms with Gasteiger partial charge in [-0.05, 0) is 145 Å². The number of unbranched alkanes of at least 4 members (excludes halogenated alkanes) is 11. The average Bonchev–Trinajstić information content (AvgIpc) is 1.63. The summed E-state index contributed by atoms with van der Waals surface area (Å²) < 4.78 is 2.20. The number of para-hydroxylation sites is 3. The maximum absolute atomic E-state index is 4.93. The summed E-state index contributed by atoms with van der Waals surface area (Å²) >= 11 is 0. The first-order chi connectivity index (χ1) is 50.5. The van der Waals surface area contributed by atoms with E-state index in [0.717, 1.165) is 86.7 Å². The van der Waals surface area contributed by atoms with Crippen LogP contribution in [0, 0.1) is 31.2 Å². The molecular weight excluding hydrogens is 1810 g/mol. The Labute approximate surface area is 665 Å². The van der Waals surface area contributed by atoms with Crippen molar-refractivity contribution in [2.24, 2.45) is 0 Å². The van der Waals surface area contributed by atoms with E-state index >= 15 is 0 Å². The first-order valence-corrected chi connectivity index (χ1v) is 36.9. The number of aryl methyl sites for hydroxylation is 7. The first kappa shape index (κ1) is 81.7. The van der Waals surface area contributed by atoms with Crippen LogP contribution >= 0.6 is 0 Å². The molecule has 9 aromatic carbocycles. The molecule has 3 radical (unpaired) electrons. The van der Waals surface area contributed by atoms with E-state index in [1.54, 1.807) is 0 Å². The molecule has 0 aliphatic rings. The van der Waals surface area contributed by atoms with E-state index in [-0.39, 0.29) is 60.3 Å². The number of fused-ring (bicyclic) bond motifs is 1. The third kappa shape index (κ3) is 27.5. The Hall–Kier alpha value is -9.00. The number of nitrogens with zero attached hydrogens (tertiary/aromatic N) is 6. The molecule has 6 nitrogen and oxygen atoms in total. The zero-order valence-electron chi connectivity index (χ0n) is 60.3. The number of imidazole rings is 1. The van der Waals surface area contributed by atoms with Gasteiger partial charge in [-0.1, -0.05) is 241 Å². The normalized spacial score (nSPS) is 10.5. The molecule has 0 unspecified atom stereocenters. The minimum absolute atomic E-state index is 0. The van der Waals surface area contributed by atoms with Crippen LogP contribution in [0.25, 0.3) is 73.0 Å². The van der Waals surface area contributed by atoms with Gasteiger partial charge in [0.1, 0.15) is 0 Å². The Morgan fingerprint density at radius 1 is 0.305 bits per heavy atom. The SMILES string of the molecule is Cc1ccc(-c2[c-]cc(CCCCCCc3ccccc3)cc2)nc1.[Ir].[Ir].[Ir].[c-]1cc(CCCCCCc2ccccc2)ccc1-c1ccccn1.[c-]1ccc(-c2ccccc2)cc1-c1nc2ccccc2n1-c1ccccc1.[c-]1ccc(CCCCCCCCc2ccncc2)cc1-c1ccccn1. The number of aromatic nitrogens is 6. The maximum atomic E-state index is 4.93. The largest absolute Gasteiger partial charge is 0.333 e. The molecule has 0 aliphatic heterocycles. The summed E-state index contributed by atoms with van der Waals surface area (Å²) in [5.41, 5.74) is 22.4. The molecule has 9 heteroatoms. The van der Waals surface area contributed by atoms with E-state index in [4.69, 9.17) is 4.98 Å². The Kier molecular flexibility index (Phi) is 36.4. The fraction of sp³-hybridized carbons (Fsp3) is 0.219. The number of rotatable bonds is 29. The van der Waals surface area contributed by atoms with Crippen molar-refractivity contribution in [3.63, 3.8) is 0 Å². The summed E-state index contributed by atoms with van der Waals surface area (Å²) in [7, 11) is 0. The van der Waals surface area contributed by atoms with Crippen LogP contribution < -0.4 is 0 Å². The van der Waals surface area contributed by atoms with Crippen molar-refractivity contribution in [1.82, 2.24) is 29.5 Å². The van der Waals surface area contributed by atoms with Crippen LogP contribution in [-0.2, 0) is 98.8 Å². The van der Waals surface area contributed by atoms with Gasteiger partial charge in [0.15, 0.2) is 0 Å². The molecule has 0 atom stereocenters. The van der Waals surface area contributed by atoms with Crippen LogP contribution in [-0.4, -0.2) is 29.5 Å². The second-order valence-corrected chi connectivity index (χ2v) is 26.2. The van der Waals surface area contributed by atoms with Gasteiger partial charge in [0.25, 0.3) is 0 Å². The van der Waals surface area contributed by atoms with Gasteiger partial charge in [-0.3, -0.25) is 9.97 Å². The summed E-state index contributed by atoms with van der Waals surface area (Å²) in [6, 6.07) is 110. The standard InChI is InChI=1S/C25H17N2.C24H27N2.C24H26N.C23H24N.3Ir/c1-3-10-19(11-4-1)20-12-9-13-21(18-20)25-26-23-16-7-8-17-24(23)27(25)22-14-5-2-6-15-22;1(3-5-10-21-15-18-25-19-16-21)2-4-6-11-22-12-9-13-23(20-22)24-14-7-8-17-26-24;1-20-13-18-24(25-19-20)23-16-14-22(15-17-23)12-6-3-2-5-9-21-10-7-4-8-11-21;1(4-10-20-11-6-3-7-12-20)2-5-13-21-15-17-22(18-16-21)23-14-8-9-19-24-23;;;/h1-12,14-18H;7-9,12,14-20H,1-6,10-11H2;4,7-8,10-11,13-16,18-19H,2-3,5-6,9,12H2,1H3;3,6-9,11-12,14-17,19H,1-2,4-5,10,13H2;;;/q4*-1;;;. The van der Waals surface area contributed by atoms with E-state index < -0.39 is 0 Å². The molecule has 539 valence electrons. The quantitative estimate of drug-likeness (QED) is 0.0345. The summed E-state index contributed by atoms with van der Waals surface area (Å²) in [5.74, 6) is 0.903. The third-order valence-electron chi connectivity index (χ3n) is 18.4. The van der Waals surface area contributed by atoms with E-state index in [9.17, 15) is 0 Å². The monoisotopic (exact) mass is 1910 g/mol. The van der Waals surface area contributed by atoms with Gasteiger partial charge in [-0.15, -0.1) is 142 Å². The fourth-order valence-corrected chi connectivity index (χ4v) is 12.7. The van der Waals surface area contributed by atoms with Gasteiger partial charge < -0.3 is 19.5 Å². The molecule has 5 heterocycles. The van der Waals surface area contributed by atoms with Gasteiger partial charge in [-0.2, -0.15) is 0 Å². The summed E-state index contributed by atoms with van der Waals surface area (Å²) in [4.78, 5) is 22.2. The van der Waals surface area contributed by atoms with Crippen molar-refractivity contribution < 1.29 is 60.3 Å². The molecule has 14 aromatic rings. The molecule has 0 saturated heterocycles. The molecule has 0 aliphatic carbocycles. The van der Waals surface area contributed by atoms with Crippen molar-refractivity contribution in [3.05, 3.63) is 373 Å². The molecule has 0 N–H and O–H groups in total. The van der Waals surface area contributed by atoms with Crippen LogP contribution in [0.15, 0.2) is 310 Å². The average molecular weight is 1910 g/mol. The predicted molar refractivity (Wildman–Crippen MR) is 425 cm³/mol. The maximum Gasteiger partial charge on any atom is 0.0774 e. The van der Waals surface area contributed by atoms with E-state index in [1.165, 1.54) is 154 Å². The van der Waals surface area contributed by atoms with Gasteiger partial charge >= 0.3 is 0 Å². The molecule has 0 amide bonds. The Balaban J connectivity index is 0.000000176. The molecule has 0 saturated carbocycles. The van der Waals surface area contributed by atoms with Crippen LogP contribution in [0.5, 0.6) is 0 Å². The van der Waals surface area contributed by atoms with Crippen molar-refractivity contribution in [1.29, 1.82) is 0 Å². The molecular formula is C96H94Ir3N6-4. The number of pyridine rings is 4. The number of hydrogen-bond donors (Lipinski definition) is 0. The third-order valence-corrected chi connectivity index (χ3v) is 18.4. The van der Waals surface area contributed by atoms with Crippen LogP contribution in [0.4, 0.5) is 0 Å². The van der Waals surface area contributed by atoms with Gasteiger partial charge in [-0.25, -0.2) is 0 Å². The first-order valence-electron chi connectivity index (χ1n) is 36.9. The number of hydrogen-bond acceptors (Lipinski definition) is 5. The van der Waals surface area contributed by atoms with Crippen molar-refractivity contribution in [2.45, 2.75) is 135 Å². The topological polar surface area (TPSA) is 69.4 Å². The van der Waals surface area contributed by atoms with E-state index in [1.807, 2.05) is 97.7 Å². The second kappa shape index (κ2) is 46.7. The number of benzene rings is 9. The van der Waals surface area contributed by atoms with Gasteiger partial charge in [0.2, 0.25) is 0 Å². The minimum atomic E-state index is 0. The summed E-state index contributed by atoms with van der Waals surface area (Å²) in [5, 5.41) is 0. The van der Waals surface area contributed by atoms with E-state index in [0.29, 0.717) is 0 Å². The van der Waals surface area contributed by atoms with Crippen molar-refractivity contribution in [2.75, 3.05) is 0 Å². The molecule has 5 aromatic heterocycles. The van der Waals surface area contributed by atoms with Crippen molar-refractivity contribution >= 4 is 11.0 Å². The zero-order chi connectivity index (χ0) is 69.7. The zero-order valence-corrected chi connectivity index (χ0v) is 67.5. The van der Waals surface area contributed by atoms with Crippen LogP contribution in [0.2, 0.25) is 0 Å². The van der Waals surface area contributed by atoms with Crippen molar-refractivity contribution in [3.8, 4) is 62.0 Å². The van der Waals surface area contributed by atoms with Gasteiger partial charge in [0.05, 0.1) is 16.9 Å². The molecule has 105 heavy (non-hydrogen) atoms. The van der Waals surface area contributed by atoms with E-state index in [2.05, 4.69) is 268 Å². The molecule has 14 rings (SSSR count). The Morgan fingerprint density at radius 2 is 0.752 bits per heavy atom. The Bertz CT molecular complexity index is 4610. The Morgan fingerprint density at radius 3 is 1.27 bits per heavy atom. The predicted octanol–water partition coefficient (Wildman–Crippen LogP) is 24.3.